The lowest BCUT2D eigenvalue weighted by Gasteiger charge is -2.35. The number of carbonyl (C=O) groups is 2. The van der Waals surface area contributed by atoms with Crippen LogP contribution in [0.15, 0.2) is 102 Å². The van der Waals surface area contributed by atoms with E-state index in [2.05, 4.69) is 5.32 Å². The van der Waals surface area contributed by atoms with Crippen molar-refractivity contribution in [2.75, 3.05) is 18.0 Å². The fourth-order valence-corrected chi connectivity index (χ4v) is 7.04. The van der Waals surface area contributed by atoms with E-state index in [1.165, 1.54) is 24.1 Å². The number of methoxy groups -OCH3 is 1. The Morgan fingerprint density at radius 3 is 2.04 bits per heavy atom. The largest absolute Gasteiger partial charge is 0.495 e. The third-order valence-electron chi connectivity index (χ3n) is 7.37. The zero-order valence-corrected chi connectivity index (χ0v) is 29.4. The minimum absolute atomic E-state index is 0.0108. The number of sulfonamides is 1. The maximum absolute atomic E-state index is 14.7. The average Bonchev–Trinajstić information content (AvgIpc) is 3.02. The number of anilines is 1. The summed E-state index contributed by atoms with van der Waals surface area (Å²) in [6.07, 6.45) is 0.149. The van der Waals surface area contributed by atoms with Crippen molar-refractivity contribution < 1.29 is 22.7 Å². The number of nitrogens with one attached hydrogen (secondary N) is 1. The Labute approximate surface area is 287 Å². The van der Waals surface area contributed by atoms with Gasteiger partial charge in [-0.15, -0.1) is 0 Å². The second-order valence-electron chi connectivity index (χ2n) is 12.2. The first kappa shape index (κ1) is 35.8. The first-order valence-corrected chi connectivity index (χ1v) is 17.2. The molecule has 0 spiro atoms. The number of amides is 2. The molecule has 1 N–H and O–H groups in total. The van der Waals surface area contributed by atoms with Crippen molar-refractivity contribution >= 4 is 50.7 Å². The summed E-state index contributed by atoms with van der Waals surface area (Å²) in [7, 11) is -2.87. The van der Waals surface area contributed by atoms with Crippen molar-refractivity contribution in [3.63, 3.8) is 0 Å². The molecule has 0 saturated heterocycles. The zero-order chi connectivity index (χ0) is 34.4. The summed E-state index contributed by atoms with van der Waals surface area (Å²) in [6, 6.07) is 26.2. The highest BCUT2D eigenvalue weighted by molar-refractivity contribution is 7.92. The highest BCUT2D eigenvalue weighted by atomic mass is 35.5. The number of benzene rings is 4. The smallest absolute Gasteiger partial charge is 0.264 e. The second kappa shape index (κ2) is 15.2. The molecular formula is C36H39Cl2N3O5S. The molecule has 1 unspecified atom stereocenters. The van der Waals surface area contributed by atoms with Gasteiger partial charge in [-0.05, 0) is 75.2 Å². The lowest BCUT2D eigenvalue weighted by Crippen LogP contribution is -2.56. The summed E-state index contributed by atoms with van der Waals surface area (Å²) in [6.45, 7) is 6.56. The first-order valence-electron chi connectivity index (χ1n) is 15.0. The average molecular weight is 697 g/mol. The molecule has 0 heterocycles. The Kier molecular flexibility index (Phi) is 11.6. The van der Waals surface area contributed by atoms with Gasteiger partial charge in [0.2, 0.25) is 11.8 Å². The number of carbonyl (C=O) groups excluding carboxylic acids is 2. The molecule has 4 aromatic rings. The van der Waals surface area contributed by atoms with Crippen LogP contribution >= 0.6 is 23.2 Å². The van der Waals surface area contributed by atoms with E-state index in [4.69, 9.17) is 27.9 Å². The molecule has 0 saturated carbocycles. The summed E-state index contributed by atoms with van der Waals surface area (Å²) in [5.41, 5.74) is 1.54. The summed E-state index contributed by atoms with van der Waals surface area (Å²) in [5.74, 6) is -0.799. The van der Waals surface area contributed by atoms with Crippen LogP contribution in [0.3, 0.4) is 0 Å². The van der Waals surface area contributed by atoms with Gasteiger partial charge in [-0.3, -0.25) is 13.9 Å². The van der Waals surface area contributed by atoms with Gasteiger partial charge in [0.25, 0.3) is 10.0 Å². The van der Waals surface area contributed by atoms with Crippen LogP contribution in [0.5, 0.6) is 5.75 Å². The van der Waals surface area contributed by atoms with Crippen molar-refractivity contribution in [2.24, 2.45) is 0 Å². The minimum Gasteiger partial charge on any atom is -0.495 e. The van der Waals surface area contributed by atoms with Crippen LogP contribution in [0.1, 0.15) is 37.5 Å². The number of ether oxygens (including phenoxy) is 1. The number of nitrogens with zero attached hydrogens (tertiary/aromatic N) is 2. The van der Waals surface area contributed by atoms with Crippen molar-refractivity contribution in [1.82, 2.24) is 10.2 Å². The first-order chi connectivity index (χ1) is 22.2. The molecule has 0 aromatic heterocycles. The normalized spacial score (nSPS) is 12.2. The van der Waals surface area contributed by atoms with Crippen LogP contribution in [-0.2, 0) is 32.6 Å². The summed E-state index contributed by atoms with van der Waals surface area (Å²) in [5, 5.41) is 3.62. The van der Waals surface area contributed by atoms with Crippen molar-refractivity contribution in [3.05, 3.63) is 124 Å². The van der Waals surface area contributed by atoms with Crippen LogP contribution in [-0.4, -0.2) is 50.4 Å². The molecule has 0 radical (unpaired) electrons. The third-order valence-corrected chi connectivity index (χ3v) is 9.85. The van der Waals surface area contributed by atoms with E-state index in [1.54, 1.807) is 54.6 Å². The van der Waals surface area contributed by atoms with Crippen LogP contribution in [0.2, 0.25) is 10.0 Å². The number of halogens is 2. The van der Waals surface area contributed by atoms with Gasteiger partial charge in [0, 0.05) is 34.1 Å². The van der Waals surface area contributed by atoms with Gasteiger partial charge in [-0.25, -0.2) is 8.42 Å². The molecule has 8 nitrogen and oxygen atoms in total. The van der Waals surface area contributed by atoms with Crippen molar-refractivity contribution in [3.8, 4) is 5.75 Å². The van der Waals surface area contributed by atoms with E-state index in [0.29, 0.717) is 15.6 Å². The van der Waals surface area contributed by atoms with E-state index < -0.39 is 40.0 Å². The topological polar surface area (TPSA) is 96.0 Å². The fraction of sp³-hybridized carbons (Fsp3) is 0.278. The predicted octanol–water partition coefficient (Wildman–Crippen LogP) is 7.06. The summed E-state index contributed by atoms with van der Waals surface area (Å²) in [4.78, 5) is 30.1. The zero-order valence-electron chi connectivity index (χ0n) is 27.0. The quantitative estimate of drug-likeness (QED) is 0.171. The van der Waals surface area contributed by atoms with Gasteiger partial charge in [0.1, 0.15) is 18.3 Å². The maximum atomic E-state index is 14.7. The monoisotopic (exact) mass is 695 g/mol. The molecule has 0 fully saturated rings. The molecule has 0 aliphatic heterocycles. The van der Waals surface area contributed by atoms with E-state index in [0.717, 1.165) is 15.4 Å². The number of hydrogen-bond donors (Lipinski definition) is 1. The Morgan fingerprint density at radius 1 is 0.872 bits per heavy atom. The Hall–Kier alpha value is -4.05. The second-order valence-corrected chi connectivity index (χ2v) is 14.8. The molecule has 1 atom stereocenters. The highest BCUT2D eigenvalue weighted by Crippen LogP contribution is 2.34. The summed E-state index contributed by atoms with van der Waals surface area (Å²) >= 11 is 13.2. The number of hydrogen-bond acceptors (Lipinski definition) is 5. The standard InChI is InChI=1S/C36H39Cl2N3O5S/c1-25-19-20-33(46-5)31(21-25)41(47(44,45)27-15-10-7-11-16-27)24-34(42)40(23-28-29(37)17-12-18-30(28)38)32(35(43)39-36(2,3)4)22-26-13-8-6-9-14-26/h6-21,32H,22-24H2,1-5H3,(H,39,43). The third kappa shape index (κ3) is 9.06. The van der Waals surface area contributed by atoms with Gasteiger partial charge in [-0.1, -0.05) is 83.9 Å². The molecule has 248 valence electrons. The van der Waals surface area contributed by atoms with Gasteiger partial charge in [0.05, 0.1) is 17.7 Å². The van der Waals surface area contributed by atoms with Gasteiger partial charge >= 0.3 is 0 Å². The number of rotatable bonds is 12. The van der Waals surface area contributed by atoms with Gasteiger partial charge in [-0.2, -0.15) is 0 Å². The van der Waals surface area contributed by atoms with Crippen LogP contribution < -0.4 is 14.4 Å². The van der Waals surface area contributed by atoms with Gasteiger partial charge < -0.3 is 15.0 Å². The molecule has 0 aliphatic carbocycles. The molecule has 47 heavy (non-hydrogen) atoms. The van der Waals surface area contributed by atoms with Crippen LogP contribution in [0.25, 0.3) is 0 Å². The SMILES string of the molecule is COc1ccc(C)cc1N(CC(=O)N(Cc1c(Cl)cccc1Cl)C(Cc1ccccc1)C(=O)NC(C)(C)C)S(=O)(=O)c1ccccc1. The molecule has 2 amide bonds. The van der Waals surface area contributed by atoms with Crippen LogP contribution in [0.4, 0.5) is 5.69 Å². The predicted molar refractivity (Wildman–Crippen MR) is 188 cm³/mol. The van der Waals surface area contributed by atoms with Gasteiger partial charge in [0.15, 0.2) is 0 Å². The minimum atomic E-state index is -4.30. The molecule has 11 heteroatoms. The Balaban J connectivity index is 1.89. The number of aryl methyl sites for hydroxylation is 1. The molecule has 0 bridgehead atoms. The lowest BCUT2D eigenvalue weighted by atomic mass is 10.0. The van der Waals surface area contributed by atoms with E-state index in [-0.39, 0.29) is 29.3 Å². The molecule has 4 rings (SSSR count). The Bertz CT molecular complexity index is 1790. The lowest BCUT2D eigenvalue weighted by molar-refractivity contribution is -0.140. The molecule has 4 aromatic carbocycles. The van der Waals surface area contributed by atoms with E-state index in [9.17, 15) is 18.0 Å². The Morgan fingerprint density at radius 2 is 1.47 bits per heavy atom. The van der Waals surface area contributed by atoms with E-state index >= 15 is 0 Å². The maximum Gasteiger partial charge on any atom is 0.264 e. The fourth-order valence-electron chi connectivity index (χ4n) is 5.09. The van der Waals surface area contributed by atoms with Crippen molar-refractivity contribution in [1.29, 1.82) is 0 Å². The molecule has 0 aliphatic rings. The summed E-state index contributed by atoms with van der Waals surface area (Å²) < 4.78 is 35.2. The van der Waals surface area contributed by atoms with E-state index in [1.807, 2.05) is 58.0 Å². The van der Waals surface area contributed by atoms with Crippen LogP contribution in [0, 0.1) is 6.92 Å². The molecular weight excluding hydrogens is 657 g/mol. The van der Waals surface area contributed by atoms with Crippen molar-refractivity contribution in [2.45, 2.75) is 57.1 Å². The highest BCUT2D eigenvalue weighted by Gasteiger charge is 2.37.